The predicted molar refractivity (Wildman–Crippen MR) is 66.6 cm³/mol. The maximum Gasteiger partial charge on any atom is 0.0167 e. The van der Waals surface area contributed by atoms with E-state index in [-0.39, 0.29) is 12.4 Å². The monoisotopic (exact) mass is 236 g/mol. The molecule has 0 aromatic rings. The summed E-state index contributed by atoms with van der Waals surface area (Å²) in [5.74, 6) is 3.78. The molecule has 0 bridgehead atoms. The molecule has 0 amide bonds. The molecule has 0 aromatic carbocycles. The van der Waals surface area contributed by atoms with Gasteiger partial charge in [0.05, 0.1) is 0 Å². The Morgan fingerprint density at radius 3 is 3.00 bits per heavy atom. The standard InChI is InChI=1S/C10H20N2S.ClH/c1-9-6-12(4-3-11-9)7-10-2-5-13-8-10;/h9-11H,2-8H2,1H3;1H. The first-order valence-corrected chi connectivity index (χ1v) is 6.53. The molecule has 2 heterocycles. The normalized spacial score (nSPS) is 34.1. The van der Waals surface area contributed by atoms with Gasteiger partial charge in [-0.15, -0.1) is 12.4 Å². The van der Waals surface area contributed by atoms with E-state index in [2.05, 4.69) is 28.9 Å². The van der Waals surface area contributed by atoms with Crippen molar-refractivity contribution in [2.45, 2.75) is 19.4 Å². The maximum atomic E-state index is 3.49. The summed E-state index contributed by atoms with van der Waals surface area (Å²) in [6, 6.07) is 0.697. The number of hydrogen-bond donors (Lipinski definition) is 1. The molecular formula is C10H21ClN2S. The number of nitrogens with one attached hydrogen (secondary N) is 1. The fraction of sp³-hybridized carbons (Fsp3) is 1.00. The summed E-state index contributed by atoms with van der Waals surface area (Å²) in [7, 11) is 0. The zero-order valence-corrected chi connectivity index (χ0v) is 10.5. The third kappa shape index (κ3) is 3.61. The van der Waals surface area contributed by atoms with Crippen LogP contribution in [0.1, 0.15) is 13.3 Å². The SMILES string of the molecule is CC1CN(CC2CCSC2)CCN1.Cl. The number of halogens is 1. The summed E-state index contributed by atoms with van der Waals surface area (Å²) in [6.45, 7) is 7.32. The number of hydrogen-bond acceptors (Lipinski definition) is 3. The molecule has 2 nitrogen and oxygen atoms in total. The van der Waals surface area contributed by atoms with Gasteiger partial charge < -0.3 is 10.2 Å². The first kappa shape index (κ1) is 12.6. The van der Waals surface area contributed by atoms with Crippen molar-refractivity contribution in [1.29, 1.82) is 0 Å². The van der Waals surface area contributed by atoms with Crippen molar-refractivity contribution in [2.24, 2.45) is 5.92 Å². The zero-order valence-electron chi connectivity index (χ0n) is 8.87. The van der Waals surface area contributed by atoms with Crippen LogP contribution in [0.2, 0.25) is 0 Å². The van der Waals surface area contributed by atoms with Crippen molar-refractivity contribution < 1.29 is 0 Å². The minimum atomic E-state index is 0. The van der Waals surface area contributed by atoms with Crippen molar-refractivity contribution in [3.05, 3.63) is 0 Å². The molecule has 0 spiro atoms. The highest BCUT2D eigenvalue weighted by molar-refractivity contribution is 7.99. The van der Waals surface area contributed by atoms with Crippen molar-refractivity contribution in [2.75, 3.05) is 37.7 Å². The first-order chi connectivity index (χ1) is 6.34. The lowest BCUT2D eigenvalue weighted by Crippen LogP contribution is -2.50. The van der Waals surface area contributed by atoms with E-state index in [4.69, 9.17) is 0 Å². The molecule has 2 rings (SSSR count). The van der Waals surface area contributed by atoms with Gasteiger partial charge in [0, 0.05) is 32.2 Å². The van der Waals surface area contributed by atoms with Crippen LogP contribution in [-0.2, 0) is 0 Å². The molecule has 84 valence electrons. The van der Waals surface area contributed by atoms with Crippen molar-refractivity contribution in [3.8, 4) is 0 Å². The Balaban J connectivity index is 0.000000980. The molecule has 14 heavy (non-hydrogen) atoms. The van der Waals surface area contributed by atoms with Crippen LogP contribution in [0.4, 0.5) is 0 Å². The Kier molecular flexibility index (Phi) is 5.60. The number of nitrogens with zero attached hydrogens (tertiary/aromatic N) is 1. The van der Waals surface area contributed by atoms with Crippen LogP contribution in [0.3, 0.4) is 0 Å². The van der Waals surface area contributed by atoms with Gasteiger partial charge in [-0.25, -0.2) is 0 Å². The topological polar surface area (TPSA) is 15.3 Å². The minimum absolute atomic E-state index is 0. The van der Waals surface area contributed by atoms with E-state index in [9.17, 15) is 0 Å². The van der Waals surface area contributed by atoms with E-state index in [1.54, 1.807) is 0 Å². The molecule has 0 aliphatic carbocycles. The van der Waals surface area contributed by atoms with E-state index in [1.165, 1.54) is 44.1 Å². The molecule has 1 N–H and O–H groups in total. The third-order valence-corrected chi connectivity index (χ3v) is 4.22. The second-order valence-electron chi connectivity index (χ2n) is 4.34. The highest BCUT2D eigenvalue weighted by Crippen LogP contribution is 2.24. The van der Waals surface area contributed by atoms with Crippen LogP contribution in [0.5, 0.6) is 0 Å². The fourth-order valence-electron chi connectivity index (χ4n) is 2.27. The average Bonchev–Trinajstić information content (AvgIpc) is 2.57. The second kappa shape index (κ2) is 6.21. The largest absolute Gasteiger partial charge is 0.312 e. The van der Waals surface area contributed by atoms with Crippen molar-refractivity contribution in [1.82, 2.24) is 10.2 Å². The van der Waals surface area contributed by atoms with E-state index >= 15 is 0 Å². The maximum absolute atomic E-state index is 3.49. The van der Waals surface area contributed by atoms with Crippen LogP contribution in [0.15, 0.2) is 0 Å². The van der Waals surface area contributed by atoms with Gasteiger partial charge in [-0.1, -0.05) is 0 Å². The Bertz CT molecular complexity index is 162. The minimum Gasteiger partial charge on any atom is -0.312 e. The van der Waals surface area contributed by atoms with Crippen LogP contribution in [0, 0.1) is 5.92 Å². The van der Waals surface area contributed by atoms with Gasteiger partial charge in [0.1, 0.15) is 0 Å². The lowest BCUT2D eigenvalue weighted by Gasteiger charge is -2.33. The molecule has 2 atom stereocenters. The van der Waals surface area contributed by atoms with Gasteiger partial charge in [0.15, 0.2) is 0 Å². The van der Waals surface area contributed by atoms with E-state index < -0.39 is 0 Å². The number of thioether (sulfide) groups is 1. The van der Waals surface area contributed by atoms with Crippen molar-refractivity contribution in [3.63, 3.8) is 0 Å². The van der Waals surface area contributed by atoms with Crippen LogP contribution < -0.4 is 5.32 Å². The molecule has 2 fully saturated rings. The van der Waals surface area contributed by atoms with Crippen LogP contribution in [0.25, 0.3) is 0 Å². The van der Waals surface area contributed by atoms with Crippen LogP contribution in [-0.4, -0.2) is 48.6 Å². The van der Waals surface area contributed by atoms with Gasteiger partial charge in [0.2, 0.25) is 0 Å². The smallest absolute Gasteiger partial charge is 0.0167 e. The van der Waals surface area contributed by atoms with E-state index in [0.29, 0.717) is 6.04 Å². The molecule has 0 aromatic heterocycles. The molecule has 2 aliphatic heterocycles. The van der Waals surface area contributed by atoms with Gasteiger partial charge in [0.25, 0.3) is 0 Å². The average molecular weight is 237 g/mol. The molecule has 2 unspecified atom stereocenters. The van der Waals surface area contributed by atoms with Gasteiger partial charge >= 0.3 is 0 Å². The zero-order chi connectivity index (χ0) is 9.10. The Hall–Kier alpha value is 0.560. The van der Waals surface area contributed by atoms with Gasteiger partial charge in [-0.2, -0.15) is 11.8 Å². The number of piperazine rings is 1. The quantitative estimate of drug-likeness (QED) is 0.782. The first-order valence-electron chi connectivity index (χ1n) is 5.38. The lowest BCUT2D eigenvalue weighted by atomic mass is 10.1. The Morgan fingerprint density at radius 1 is 1.50 bits per heavy atom. The summed E-state index contributed by atoms with van der Waals surface area (Å²) in [5.41, 5.74) is 0. The highest BCUT2D eigenvalue weighted by atomic mass is 35.5. The third-order valence-electron chi connectivity index (χ3n) is 2.99. The Labute approximate surface area is 97.6 Å². The fourth-order valence-corrected chi connectivity index (χ4v) is 3.54. The molecule has 0 saturated carbocycles. The lowest BCUT2D eigenvalue weighted by molar-refractivity contribution is 0.185. The van der Waals surface area contributed by atoms with E-state index in [0.717, 1.165) is 5.92 Å². The van der Waals surface area contributed by atoms with Crippen molar-refractivity contribution >= 4 is 24.2 Å². The predicted octanol–water partition coefficient (Wildman–Crippen LogP) is 1.45. The van der Waals surface area contributed by atoms with Crippen LogP contribution >= 0.6 is 24.2 Å². The summed E-state index contributed by atoms with van der Waals surface area (Å²) in [4.78, 5) is 2.64. The number of rotatable bonds is 2. The summed E-state index contributed by atoms with van der Waals surface area (Å²) >= 11 is 2.13. The van der Waals surface area contributed by atoms with E-state index in [1.807, 2.05) is 0 Å². The molecular weight excluding hydrogens is 216 g/mol. The summed E-state index contributed by atoms with van der Waals surface area (Å²) in [5, 5.41) is 3.49. The Morgan fingerprint density at radius 2 is 2.36 bits per heavy atom. The van der Waals surface area contributed by atoms with Gasteiger partial charge in [-0.3, -0.25) is 0 Å². The molecule has 2 saturated heterocycles. The summed E-state index contributed by atoms with van der Waals surface area (Å²) in [6.07, 6.45) is 1.45. The van der Waals surface area contributed by atoms with Gasteiger partial charge in [-0.05, 0) is 30.8 Å². The second-order valence-corrected chi connectivity index (χ2v) is 5.49. The molecule has 4 heteroatoms. The summed E-state index contributed by atoms with van der Waals surface area (Å²) < 4.78 is 0. The molecule has 0 radical (unpaired) electrons. The highest BCUT2D eigenvalue weighted by Gasteiger charge is 2.21. The molecule has 2 aliphatic rings.